The van der Waals surface area contributed by atoms with Crippen LogP contribution in [0.15, 0.2) is 102 Å². The van der Waals surface area contributed by atoms with Crippen molar-refractivity contribution < 1.29 is 22.0 Å². The van der Waals surface area contributed by atoms with E-state index in [-0.39, 0.29) is 0 Å². The molecule has 3 aromatic carbocycles. The van der Waals surface area contributed by atoms with E-state index in [9.17, 15) is 17.6 Å². The van der Waals surface area contributed by atoms with Gasteiger partial charge in [0.2, 0.25) is 13.9 Å². The minimum atomic E-state index is -5.40. The fraction of sp³-hybridized carbons (Fsp3) is 0.0476. The highest BCUT2D eigenvalue weighted by atomic mass is 28.3. The lowest BCUT2D eigenvalue weighted by molar-refractivity contribution is -0.110. The Kier molecular flexibility index (Phi) is 5.28. The summed E-state index contributed by atoms with van der Waals surface area (Å²) < 4.78 is 69.2. The Balaban J connectivity index is 2.48. The largest absolute Gasteiger partial charge is 0.445 e. The first-order valence-electron chi connectivity index (χ1n) is 8.18. The lowest BCUT2D eigenvalue weighted by Gasteiger charge is -2.32. The Bertz CT molecular complexity index is 822. The average Bonchev–Trinajstić information content (AvgIpc) is 2.70. The van der Waals surface area contributed by atoms with Gasteiger partial charge in [0, 0.05) is 0 Å². The molecule has 0 saturated heterocycles. The summed E-state index contributed by atoms with van der Waals surface area (Å²) in [5, 5.41) is 0.998. The second-order valence-electron chi connectivity index (χ2n) is 5.97. The second kappa shape index (κ2) is 7.48. The molecule has 0 N–H and O–H groups in total. The molecule has 0 unspecified atom stereocenters. The van der Waals surface area contributed by atoms with E-state index >= 15 is 4.39 Å². The topological polar surface area (TPSA) is 0 Å². The van der Waals surface area contributed by atoms with Crippen LogP contribution in [0.3, 0.4) is 0 Å². The summed E-state index contributed by atoms with van der Waals surface area (Å²) >= 11 is 0. The number of benzene rings is 3. The van der Waals surface area contributed by atoms with E-state index in [1.807, 2.05) is 0 Å². The van der Waals surface area contributed by atoms with E-state index in [2.05, 4.69) is 0 Å². The van der Waals surface area contributed by atoms with Crippen LogP contribution in [-0.4, -0.2) is 14.3 Å². The van der Waals surface area contributed by atoms with Crippen LogP contribution in [0.5, 0.6) is 0 Å². The van der Waals surface area contributed by atoms with E-state index in [0.717, 1.165) is 0 Å². The van der Waals surface area contributed by atoms with Gasteiger partial charge >= 0.3 is 6.18 Å². The smallest absolute Gasteiger partial charge is 0.213 e. The van der Waals surface area contributed by atoms with Crippen molar-refractivity contribution in [3.05, 3.63) is 102 Å². The zero-order valence-electron chi connectivity index (χ0n) is 14.1. The van der Waals surface area contributed by atoms with Crippen molar-refractivity contribution in [1.29, 1.82) is 0 Å². The number of alkyl halides is 3. The summed E-state index contributed by atoms with van der Waals surface area (Å²) in [6, 6.07) is 24.0. The van der Waals surface area contributed by atoms with Crippen LogP contribution in [0.25, 0.3) is 0 Å². The number of hydrogen-bond donors (Lipinski definition) is 0. The minimum absolute atomic E-state index is 0.333. The highest BCUT2D eigenvalue weighted by Crippen LogP contribution is 2.33. The van der Waals surface area contributed by atoms with Crippen LogP contribution in [0.4, 0.5) is 22.0 Å². The lowest BCUT2D eigenvalue weighted by Crippen LogP contribution is -2.68. The van der Waals surface area contributed by atoms with Gasteiger partial charge in [-0.3, -0.25) is 0 Å². The normalized spacial score (nSPS) is 13.2. The first kappa shape index (κ1) is 19.0. The van der Waals surface area contributed by atoms with Crippen molar-refractivity contribution in [3.8, 4) is 0 Å². The van der Waals surface area contributed by atoms with Crippen LogP contribution in [0.2, 0.25) is 0 Å². The predicted octanol–water partition coefficient (Wildman–Crippen LogP) is 4.41. The van der Waals surface area contributed by atoms with Crippen LogP contribution in [0.1, 0.15) is 0 Å². The minimum Gasteiger partial charge on any atom is -0.213 e. The first-order valence-corrected chi connectivity index (χ1v) is 10.2. The lowest BCUT2D eigenvalue weighted by atomic mass is 10.3. The van der Waals surface area contributed by atoms with Crippen molar-refractivity contribution in [2.45, 2.75) is 6.18 Å². The Morgan fingerprint density at radius 2 is 0.852 bits per heavy atom. The van der Waals surface area contributed by atoms with Crippen LogP contribution < -0.4 is 15.6 Å². The van der Waals surface area contributed by atoms with E-state index in [0.29, 0.717) is 15.6 Å². The van der Waals surface area contributed by atoms with E-state index < -0.39 is 25.5 Å². The Hall–Kier alpha value is -2.73. The van der Waals surface area contributed by atoms with Crippen molar-refractivity contribution >= 4 is 23.6 Å². The summed E-state index contributed by atoms with van der Waals surface area (Å²) in [4.78, 5) is 0. The Labute approximate surface area is 154 Å². The molecule has 27 heavy (non-hydrogen) atoms. The molecule has 0 fully saturated rings. The molecule has 0 aliphatic carbocycles. The second-order valence-corrected chi connectivity index (χ2v) is 9.64. The third-order valence-electron chi connectivity index (χ3n) is 4.39. The highest BCUT2D eigenvalue weighted by molar-refractivity contribution is 7.15. The Morgan fingerprint density at radius 3 is 1.11 bits per heavy atom. The van der Waals surface area contributed by atoms with Gasteiger partial charge in [0.25, 0.3) is 0 Å². The molecule has 0 spiro atoms. The molecular formula is C21H15F5Si. The third-order valence-corrected chi connectivity index (χ3v) is 8.87. The zero-order chi connectivity index (χ0) is 19.5. The van der Waals surface area contributed by atoms with Gasteiger partial charge in [-0.05, 0) is 15.6 Å². The molecule has 0 nitrogen and oxygen atoms in total. The summed E-state index contributed by atoms with van der Waals surface area (Å²) in [6.45, 7) is 0. The fourth-order valence-corrected chi connectivity index (χ4v) is 7.54. The molecule has 0 aliphatic rings. The van der Waals surface area contributed by atoms with Gasteiger partial charge in [-0.1, -0.05) is 91.0 Å². The summed E-state index contributed by atoms with van der Waals surface area (Å²) in [6.07, 6.45) is -5.40. The molecule has 0 bridgehead atoms. The molecule has 0 atom stereocenters. The SMILES string of the molecule is F/C(=C(/F)[Si](c1ccccc1)(c1ccccc1)c1ccccc1)C(F)(F)F. The van der Waals surface area contributed by atoms with Crippen molar-refractivity contribution in [2.75, 3.05) is 0 Å². The maximum absolute atomic E-state index is 15.5. The molecule has 0 heterocycles. The summed E-state index contributed by atoms with van der Waals surface area (Å²) in [7, 11) is -4.08. The van der Waals surface area contributed by atoms with Gasteiger partial charge in [0.15, 0.2) is 0 Å². The highest BCUT2D eigenvalue weighted by Gasteiger charge is 2.51. The number of rotatable bonds is 4. The van der Waals surface area contributed by atoms with Gasteiger partial charge in [-0.25, -0.2) is 4.39 Å². The van der Waals surface area contributed by atoms with Gasteiger partial charge in [0.1, 0.15) is 5.45 Å². The number of hydrogen-bond acceptors (Lipinski definition) is 0. The monoisotopic (exact) mass is 390 g/mol. The van der Waals surface area contributed by atoms with Gasteiger partial charge < -0.3 is 0 Å². The molecule has 0 aromatic heterocycles. The molecular weight excluding hydrogens is 375 g/mol. The van der Waals surface area contributed by atoms with E-state index in [1.54, 1.807) is 91.0 Å². The molecule has 0 saturated carbocycles. The van der Waals surface area contributed by atoms with Gasteiger partial charge in [-0.15, -0.1) is 0 Å². The maximum atomic E-state index is 15.5. The molecule has 3 aromatic rings. The number of allylic oxidation sites excluding steroid dienone is 1. The first-order chi connectivity index (χ1) is 12.9. The zero-order valence-corrected chi connectivity index (χ0v) is 15.1. The fourth-order valence-electron chi connectivity index (χ4n) is 3.23. The molecule has 0 radical (unpaired) electrons. The van der Waals surface area contributed by atoms with Gasteiger partial charge in [0.05, 0.1) is 0 Å². The molecule has 0 aliphatic heterocycles. The van der Waals surface area contributed by atoms with E-state index in [1.165, 1.54) is 0 Å². The molecule has 138 valence electrons. The van der Waals surface area contributed by atoms with Gasteiger partial charge in [-0.2, -0.15) is 17.6 Å². The molecule has 6 heteroatoms. The summed E-state index contributed by atoms with van der Waals surface area (Å²) in [5.41, 5.74) is -1.75. The van der Waals surface area contributed by atoms with Crippen LogP contribution in [-0.2, 0) is 0 Å². The maximum Gasteiger partial charge on any atom is 0.445 e. The van der Waals surface area contributed by atoms with Crippen molar-refractivity contribution in [3.63, 3.8) is 0 Å². The molecule has 3 rings (SSSR count). The van der Waals surface area contributed by atoms with E-state index in [4.69, 9.17) is 0 Å². The van der Waals surface area contributed by atoms with Crippen molar-refractivity contribution in [2.24, 2.45) is 0 Å². The molecule has 0 amide bonds. The third kappa shape index (κ3) is 3.45. The number of halogens is 5. The standard InChI is InChI=1S/C21H15F5Si/c22-19(21(24,25)26)20(23)27(16-10-4-1-5-11-16,17-12-6-2-7-13-17)18-14-8-3-9-15-18/h1-15H/b20-19-. The quantitative estimate of drug-likeness (QED) is 0.352. The van der Waals surface area contributed by atoms with Crippen LogP contribution in [0, 0.1) is 0 Å². The Morgan fingerprint density at radius 1 is 0.556 bits per heavy atom. The predicted molar refractivity (Wildman–Crippen MR) is 99.3 cm³/mol. The summed E-state index contributed by atoms with van der Waals surface area (Å²) in [5.74, 6) is -2.68. The van der Waals surface area contributed by atoms with Crippen LogP contribution >= 0.6 is 0 Å². The van der Waals surface area contributed by atoms with Crippen molar-refractivity contribution in [1.82, 2.24) is 0 Å². The average molecular weight is 390 g/mol.